The highest BCUT2D eigenvalue weighted by Crippen LogP contribution is 2.20. The summed E-state index contributed by atoms with van der Waals surface area (Å²) >= 11 is 0. The van der Waals surface area contributed by atoms with Crippen LogP contribution in [0, 0.1) is 13.8 Å². The average Bonchev–Trinajstić information content (AvgIpc) is 2.63. The minimum Gasteiger partial charge on any atom is -0.376 e. The molecule has 1 N–H and O–H groups in total. The fraction of sp³-hybridized carbons (Fsp3) is 0.667. The van der Waals surface area contributed by atoms with E-state index in [1.807, 2.05) is 6.92 Å². The zero-order valence-corrected chi connectivity index (χ0v) is 12.9. The van der Waals surface area contributed by atoms with Gasteiger partial charge in [-0.25, -0.2) is 0 Å². The second-order valence-corrected chi connectivity index (χ2v) is 5.09. The molecule has 1 aromatic heterocycles. The van der Waals surface area contributed by atoms with Gasteiger partial charge < -0.3 is 10.1 Å². The molecule has 4 heteroatoms. The second kappa shape index (κ2) is 7.46. The Morgan fingerprint density at radius 2 is 2.16 bits per heavy atom. The van der Waals surface area contributed by atoms with E-state index in [4.69, 9.17) is 4.74 Å². The van der Waals surface area contributed by atoms with Crippen LogP contribution in [0.4, 0.5) is 0 Å². The van der Waals surface area contributed by atoms with Gasteiger partial charge in [0.15, 0.2) is 0 Å². The van der Waals surface area contributed by atoms with Crippen molar-refractivity contribution in [1.29, 1.82) is 0 Å². The topological polar surface area (TPSA) is 39.1 Å². The first kappa shape index (κ1) is 15.9. The van der Waals surface area contributed by atoms with E-state index in [0.717, 1.165) is 24.4 Å². The third-order valence-electron chi connectivity index (χ3n) is 3.22. The van der Waals surface area contributed by atoms with Crippen LogP contribution < -0.4 is 5.32 Å². The zero-order valence-electron chi connectivity index (χ0n) is 12.9. The molecule has 1 unspecified atom stereocenters. The Hall–Kier alpha value is -1.13. The van der Waals surface area contributed by atoms with Gasteiger partial charge in [-0.1, -0.05) is 12.2 Å². The monoisotopic (exact) mass is 265 g/mol. The lowest BCUT2D eigenvalue weighted by molar-refractivity contribution is 0.156. The van der Waals surface area contributed by atoms with Crippen LogP contribution in [0.25, 0.3) is 0 Å². The predicted octanol–water partition coefficient (Wildman–Crippen LogP) is 2.76. The Kier molecular flexibility index (Phi) is 6.25. The van der Waals surface area contributed by atoms with Crippen LogP contribution in [0.5, 0.6) is 0 Å². The summed E-state index contributed by atoms with van der Waals surface area (Å²) < 4.78 is 7.54. The zero-order chi connectivity index (χ0) is 14.4. The maximum Gasteiger partial charge on any atom is 0.0672 e. The van der Waals surface area contributed by atoms with E-state index in [9.17, 15) is 0 Å². The van der Waals surface area contributed by atoms with Gasteiger partial charge in [-0.15, -0.1) is 0 Å². The minimum atomic E-state index is 0.300. The molecule has 1 aromatic rings. The Balaban J connectivity index is 2.47. The summed E-state index contributed by atoms with van der Waals surface area (Å²) in [4.78, 5) is 0. The Labute approximate surface area is 116 Å². The van der Waals surface area contributed by atoms with E-state index in [2.05, 4.69) is 49.4 Å². The van der Waals surface area contributed by atoms with Crippen molar-refractivity contribution >= 4 is 0 Å². The van der Waals surface area contributed by atoms with Gasteiger partial charge in [0.05, 0.1) is 18.9 Å². The van der Waals surface area contributed by atoms with Crippen molar-refractivity contribution in [2.45, 2.75) is 47.2 Å². The third-order valence-corrected chi connectivity index (χ3v) is 3.22. The van der Waals surface area contributed by atoms with E-state index >= 15 is 0 Å². The fourth-order valence-corrected chi connectivity index (χ4v) is 2.34. The second-order valence-electron chi connectivity index (χ2n) is 5.09. The summed E-state index contributed by atoms with van der Waals surface area (Å²) in [6.45, 7) is 17.4. The molecule has 0 spiro atoms. The number of hydrogen-bond acceptors (Lipinski definition) is 3. The van der Waals surface area contributed by atoms with Gasteiger partial charge >= 0.3 is 0 Å². The first-order chi connectivity index (χ1) is 8.97. The maximum absolute atomic E-state index is 5.49. The highest BCUT2D eigenvalue weighted by Gasteiger charge is 2.16. The lowest BCUT2D eigenvalue weighted by Gasteiger charge is -2.15. The van der Waals surface area contributed by atoms with Gasteiger partial charge in [-0.3, -0.25) is 4.68 Å². The van der Waals surface area contributed by atoms with Gasteiger partial charge in [0.2, 0.25) is 0 Å². The number of aromatic nitrogens is 2. The molecule has 108 valence electrons. The molecule has 0 saturated heterocycles. The molecule has 19 heavy (non-hydrogen) atoms. The molecule has 1 heterocycles. The van der Waals surface area contributed by atoms with Crippen molar-refractivity contribution in [3.05, 3.63) is 29.1 Å². The van der Waals surface area contributed by atoms with E-state index in [-0.39, 0.29) is 0 Å². The summed E-state index contributed by atoms with van der Waals surface area (Å²) in [5.41, 5.74) is 4.73. The van der Waals surface area contributed by atoms with Crippen molar-refractivity contribution < 1.29 is 4.74 Å². The molecule has 0 radical (unpaired) electrons. The maximum atomic E-state index is 5.49. The van der Waals surface area contributed by atoms with Gasteiger partial charge in [0.25, 0.3) is 0 Å². The van der Waals surface area contributed by atoms with Crippen molar-refractivity contribution in [3.63, 3.8) is 0 Å². The third kappa shape index (κ3) is 4.48. The van der Waals surface area contributed by atoms with Crippen molar-refractivity contribution in [1.82, 2.24) is 15.1 Å². The minimum absolute atomic E-state index is 0.300. The Bertz CT molecular complexity index is 423. The molecular weight excluding hydrogens is 238 g/mol. The molecular formula is C15H27N3O. The molecule has 0 aromatic carbocycles. The van der Waals surface area contributed by atoms with E-state index < -0.39 is 0 Å². The van der Waals surface area contributed by atoms with Gasteiger partial charge in [0.1, 0.15) is 0 Å². The van der Waals surface area contributed by atoms with E-state index in [0.29, 0.717) is 19.3 Å². The van der Waals surface area contributed by atoms with Crippen LogP contribution in [-0.4, -0.2) is 29.5 Å². The predicted molar refractivity (Wildman–Crippen MR) is 79.4 cm³/mol. The summed E-state index contributed by atoms with van der Waals surface area (Å²) in [5, 5.41) is 8.03. The fourth-order valence-electron chi connectivity index (χ4n) is 2.34. The number of ether oxygens (including phenoxy) is 1. The molecule has 0 bridgehead atoms. The van der Waals surface area contributed by atoms with Gasteiger partial charge in [-0.05, 0) is 34.6 Å². The lowest BCUT2D eigenvalue weighted by atomic mass is 10.1. The van der Waals surface area contributed by atoms with Crippen molar-refractivity contribution in [2.75, 3.05) is 19.8 Å². The molecule has 0 amide bonds. The molecule has 1 rings (SSSR count). The summed E-state index contributed by atoms with van der Waals surface area (Å²) in [5.74, 6) is 0. The van der Waals surface area contributed by atoms with Crippen molar-refractivity contribution in [3.8, 4) is 0 Å². The molecule has 1 atom stereocenters. The normalized spacial score (nSPS) is 12.7. The van der Waals surface area contributed by atoms with Crippen LogP contribution in [-0.2, 0) is 11.3 Å². The Morgan fingerprint density at radius 1 is 1.47 bits per heavy atom. The van der Waals surface area contributed by atoms with Crippen LogP contribution in [0.2, 0.25) is 0 Å². The number of hydrogen-bond donors (Lipinski definition) is 1. The van der Waals surface area contributed by atoms with Crippen LogP contribution in [0.15, 0.2) is 12.2 Å². The molecule has 0 aliphatic heterocycles. The number of rotatable bonds is 8. The van der Waals surface area contributed by atoms with Crippen LogP contribution in [0.3, 0.4) is 0 Å². The number of nitrogens with one attached hydrogen (secondary N) is 1. The van der Waals surface area contributed by atoms with Crippen LogP contribution in [0.1, 0.15) is 43.8 Å². The molecule has 0 fully saturated rings. The molecule has 0 saturated carbocycles. The highest BCUT2D eigenvalue weighted by atomic mass is 16.5. The number of nitrogens with zero attached hydrogens (tertiary/aromatic N) is 2. The average molecular weight is 265 g/mol. The summed E-state index contributed by atoms with van der Waals surface area (Å²) in [6.07, 6.45) is 0. The summed E-state index contributed by atoms with van der Waals surface area (Å²) in [6, 6.07) is 0.300. The SMILES string of the molecule is C=C(C)COCCNC(C)c1c(C)nn(CC)c1C. The van der Waals surface area contributed by atoms with Gasteiger partial charge in [-0.2, -0.15) is 5.10 Å². The molecule has 0 aliphatic carbocycles. The summed E-state index contributed by atoms with van der Waals surface area (Å²) in [7, 11) is 0. The smallest absolute Gasteiger partial charge is 0.0672 e. The van der Waals surface area contributed by atoms with Gasteiger partial charge in [0, 0.05) is 30.4 Å². The highest BCUT2D eigenvalue weighted by molar-refractivity contribution is 5.27. The largest absolute Gasteiger partial charge is 0.376 e. The van der Waals surface area contributed by atoms with E-state index in [1.54, 1.807) is 0 Å². The first-order valence-electron chi connectivity index (χ1n) is 6.96. The Morgan fingerprint density at radius 3 is 2.68 bits per heavy atom. The standard InChI is InChI=1S/C15H27N3O/c1-7-18-14(6)15(13(5)17-18)12(4)16-8-9-19-10-11(2)3/h12,16H,2,7-10H2,1,3-6H3. The molecule has 0 aliphatic rings. The first-order valence-corrected chi connectivity index (χ1v) is 6.96. The quantitative estimate of drug-likeness (QED) is 0.580. The van der Waals surface area contributed by atoms with E-state index in [1.165, 1.54) is 11.3 Å². The molecule has 4 nitrogen and oxygen atoms in total. The van der Waals surface area contributed by atoms with Crippen molar-refractivity contribution in [2.24, 2.45) is 0 Å². The van der Waals surface area contributed by atoms with Crippen LogP contribution >= 0.6 is 0 Å². The number of aryl methyl sites for hydroxylation is 2. The lowest BCUT2D eigenvalue weighted by Crippen LogP contribution is -2.24.